The van der Waals surface area contributed by atoms with Gasteiger partial charge in [0.05, 0.1) is 11.3 Å². The molecule has 0 heterocycles. The average Bonchev–Trinajstić information content (AvgIpc) is 2.36. The lowest BCUT2D eigenvalue weighted by molar-refractivity contribution is -0.111. The van der Waals surface area contributed by atoms with E-state index in [1.807, 2.05) is 0 Å². The number of hydrogen-bond acceptors (Lipinski definition) is 2. The van der Waals surface area contributed by atoms with E-state index >= 15 is 0 Å². The van der Waals surface area contributed by atoms with E-state index in [0.29, 0.717) is 5.69 Å². The molecule has 1 aromatic carbocycles. The van der Waals surface area contributed by atoms with Crippen molar-refractivity contribution in [1.82, 2.24) is 0 Å². The predicted molar refractivity (Wildman–Crippen MR) is 71.7 cm³/mol. The van der Waals surface area contributed by atoms with Crippen molar-refractivity contribution in [2.24, 2.45) is 10.7 Å². The number of carbonyl (C=O) groups is 1. The second-order valence-corrected chi connectivity index (χ2v) is 3.72. The van der Waals surface area contributed by atoms with Gasteiger partial charge in [-0.3, -0.25) is 4.79 Å². The van der Waals surface area contributed by atoms with E-state index in [4.69, 9.17) is 5.73 Å². The van der Waals surface area contributed by atoms with Crippen molar-refractivity contribution in [3.8, 4) is 0 Å². The molecule has 106 valence electrons. The van der Waals surface area contributed by atoms with Gasteiger partial charge in [-0.1, -0.05) is 19.2 Å². The standard InChI is InChI=1S/C13H12F3N3O/c1-3-11(20)18-9-5-4-6-10(7-9)19-12(17)8(2)13(14,15)16/h3-7H,1-2H2,(H2,17,19)(H,18,20). The van der Waals surface area contributed by atoms with Gasteiger partial charge in [0.15, 0.2) is 0 Å². The minimum atomic E-state index is -4.64. The zero-order valence-electron chi connectivity index (χ0n) is 10.4. The molecule has 0 saturated carbocycles. The van der Waals surface area contributed by atoms with E-state index in [2.05, 4.69) is 23.5 Å². The zero-order chi connectivity index (χ0) is 15.3. The molecule has 0 atom stereocenters. The molecule has 0 bridgehead atoms. The maximum Gasteiger partial charge on any atom is 0.419 e. The molecule has 0 aromatic heterocycles. The van der Waals surface area contributed by atoms with Crippen molar-refractivity contribution < 1.29 is 18.0 Å². The Kier molecular flexibility index (Phi) is 4.68. The molecular formula is C13H12F3N3O. The highest BCUT2D eigenvalue weighted by atomic mass is 19.4. The highest BCUT2D eigenvalue weighted by Gasteiger charge is 2.34. The first kappa shape index (κ1) is 15.5. The number of amidine groups is 1. The molecule has 3 N–H and O–H groups in total. The van der Waals surface area contributed by atoms with Crippen LogP contribution in [-0.2, 0) is 4.79 Å². The molecular weight excluding hydrogens is 271 g/mol. The van der Waals surface area contributed by atoms with Gasteiger partial charge in [-0.2, -0.15) is 13.2 Å². The van der Waals surface area contributed by atoms with Crippen LogP contribution in [-0.4, -0.2) is 17.9 Å². The van der Waals surface area contributed by atoms with Crippen LogP contribution >= 0.6 is 0 Å². The molecule has 1 amide bonds. The fourth-order valence-electron chi connectivity index (χ4n) is 1.20. The minimum absolute atomic E-state index is 0.162. The van der Waals surface area contributed by atoms with Crippen LogP contribution < -0.4 is 11.1 Å². The highest BCUT2D eigenvalue weighted by Crippen LogP contribution is 2.26. The molecule has 0 aliphatic carbocycles. The van der Waals surface area contributed by atoms with Gasteiger partial charge in [0.25, 0.3) is 0 Å². The third kappa shape index (κ3) is 4.27. The van der Waals surface area contributed by atoms with Crippen LogP contribution in [0.1, 0.15) is 0 Å². The Morgan fingerprint density at radius 2 is 2.05 bits per heavy atom. The van der Waals surface area contributed by atoms with Crippen molar-refractivity contribution in [3.05, 3.63) is 49.1 Å². The third-order valence-electron chi connectivity index (χ3n) is 2.20. The van der Waals surface area contributed by atoms with Gasteiger partial charge in [-0.05, 0) is 24.3 Å². The smallest absolute Gasteiger partial charge is 0.383 e. The average molecular weight is 283 g/mol. The van der Waals surface area contributed by atoms with Crippen molar-refractivity contribution >= 4 is 23.1 Å². The second-order valence-electron chi connectivity index (χ2n) is 3.72. The second kappa shape index (κ2) is 6.05. The predicted octanol–water partition coefficient (Wildman–Crippen LogP) is 2.92. The lowest BCUT2D eigenvalue weighted by atomic mass is 10.2. The maximum atomic E-state index is 12.4. The summed E-state index contributed by atoms with van der Waals surface area (Å²) in [6.07, 6.45) is -3.57. The molecule has 0 fully saturated rings. The summed E-state index contributed by atoms with van der Waals surface area (Å²) in [5.41, 5.74) is 4.54. The maximum absolute atomic E-state index is 12.4. The first-order chi connectivity index (χ1) is 9.24. The highest BCUT2D eigenvalue weighted by molar-refractivity contribution is 6.00. The Hall–Kier alpha value is -2.57. The Balaban J connectivity index is 2.98. The first-order valence-electron chi connectivity index (χ1n) is 5.38. The summed E-state index contributed by atoms with van der Waals surface area (Å²) in [4.78, 5) is 14.7. The molecule has 0 saturated heterocycles. The van der Waals surface area contributed by atoms with Gasteiger partial charge in [-0.25, -0.2) is 4.99 Å². The largest absolute Gasteiger partial charge is 0.419 e. The van der Waals surface area contributed by atoms with Crippen LogP contribution in [0, 0.1) is 0 Å². The van der Waals surface area contributed by atoms with E-state index < -0.39 is 23.5 Å². The number of rotatable bonds is 4. The number of nitrogens with zero attached hydrogens (tertiary/aromatic N) is 1. The van der Waals surface area contributed by atoms with Gasteiger partial charge < -0.3 is 11.1 Å². The molecule has 0 aliphatic rings. The van der Waals surface area contributed by atoms with Gasteiger partial charge in [0.1, 0.15) is 5.84 Å². The van der Waals surface area contributed by atoms with Crippen LogP contribution in [0.5, 0.6) is 0 Å². The number of benzene rings is 1. The van der Waals surface area contributed by atoms with Crippen molar-refractivity contribution in [2.75, 3.05) is 5.32 Å². The summed E-state index contributed by atoms with van der Waals surface area (Å²) in [5, 5.41) is 2.45. The normalized spacial score (nSPS) is 11.8. The topological polar surface area (TPSA) is 67.5 Å². The fraction of sp³-hybridized carbons (Fsp3) is 0.0769. The summed E-state index contributed by atoms with van der Waals surface area (Å²) in [6.45, 7) is 6.12. The molecule has 4 nitrogen and oxygen atoms in total. The Morgan fingerprint density at radius 1 is 1.40 bits per heavy atom. The number of halogens is 3. The van der Waals surface area contributed by atoms with Gasteiger partial charge in [-0.15, -0.1) is 0 Å². The molecule has 7 heteroatoms. The number of aliphatic imine (C=N–C) groups is 1. The summed E-state index contributed by atoms with van der Waals surface area (Å²) in [5.74, 6) is -1.18. The monoisotopic (exact) mass is 283 g/mol. The molecule has 1 aromatic rings. The van der Waals surface area contributed by atoms with E-state index in [-0.39, 0.29) is 5.69 Å². The van der Waals surface area contributed by atoms with Gasteiger partial charge >= 0.3 is 6.18 Å². The molecule has 0 aliphatic heterocycles. The SMILES string of the molecule is C=CC(=O)Nc1cccc(N=C(N)C(=C)C(F)(F)F)c1. The third-order valence-corrected chi connectivity index (χ3v) is 2.20. The van der Waals surface area contributed by atoms with Crippen LogP contribution in [0.3, 0.4) is 0 Å². The summed E-state index contributed by atoms with van der Waals surface area (Å²) in [7, 11) is 0. The number of carbonyl (C=O) groups excluding carboxylic acids is 1. The summed E-state index contributed by atoms with van der Waals surface area (Å²) < 4.78 is 37.1. The quantitative estimate of drug-likeness (QED) is 0.507. The lowest BCUT2D eigenvalue weighted by Gasteiger charge is -2.09. The van der Waals surface area contributed by atoms with Crippen molar-refractivity contribution in [3.63, 3.8) is 0 Å². The number of nitrogens with two attached hydrogens (primary N) is 1. The zero-order valence-corrected chi connectivity index (χ0v) is 10.4. The Morgan fingerprint density at radius 3 is 2.60 bits per heavy atom. The molecule has 0 unspecified atom stereocenters. The number of amides is 1. The van der Waals surface area contributed by atoms with Crippen LogP contribution in [0.4, 0.5) is 24.5 Å². The van der Waals surface area contributed by atoms with Crippen LogP contribution in [0.2, 0.25) is 0 Å². The first-order valence-corrected chi connectivity index (χ1v) is 5.38. The van der Waals surface area contributed by atoms with Crippen molar-refractivity contribution in [2.45, 2.75) is 6.18 Å². The Bertz CT molecular complexity index is 576. The molecule has 0 radical (unpaired) electrons. The minimum Gasteiger partial charge on any atom is -0.383 e. The molecule has 0 spiro atoms. The van der Waals surface area contributed by atoms with Gasteiger partial charge in [0.2, 0.25) is 5.91 Å². The number of hydrogen-bond donors (Lipinski definition) is 2. The van der Waals surface area contributed by atoms with Crippen LogP contribution in [0.15, 0.2) is 54.1 Å². The van der Waals surface area contributed by atoms with Gasteiger partial charge in [0, 0.05) is 5.69 Å². The number of nitrogens with one attached hydrogen (secondary N) is 1. The van der Waals surface area contributed by atoms with E-state index in [0.717, 1.165) is 6.08 Å². The fourth-order valence-corrected chi connectivity index (χ4v) is 1.20. The molecule has 20 heavy (non-hydrogen) atoms. The Labute approximate surface area is 113 Å². The van der Waals surface area contributed by atoms with E-state index in [9.17, 15) is 18.0 Å². The number of anilines is 1. The van der Waals surface area contributed by atoms with Crippen LogP contribution in [0.25, 0.3) is 0 Å². The summed E-state index contributed by atoms with van der Waals surface area (Å²) in [6, 6.07) is 5.88. The molecule has 1 rings (SSSR count). The number of alkyl halides is 3. The summed E-state index contributed by atoms with van der Waals surface area (Å²) >= 11 is 0. The van der Waals surface area contributed by atoms with Crippen molar-refractivity contribution in [1.29, 1.82) is 0 Å². The lowest BCUT2D eigenvalue weighted by Crippen LogP contribution is -2.25. The van der Waals surface area contributed by atoms with E-state index in [1.54, 1.807) is 6.07 Å². The van der Waals surface area contributed by atoms with E-state index in [1.165, 1.54) is 18.2 Å².